The fourth-order valence-electron chi connectivity index (χ4n) is 3.51. The van der Waals surface area contributed by atoms with E-state index in [0.717, 1.165) is 18.2 Å². The van der Waals surface area contributed by atoms with E-state index in [2.05, 4.69) is 10.6 Å². The number of halogens is 4. The minimum absolute atomic E-state index is 0.0323. The second-order valence-corrected chi connectivity index (χ2v) is 8.86. The molecule has 0 aromatic heterocycles. The van der Waals surface area contributed by atoms with Crippen molar-refractivity contribution in [1.29, 1.82) is 5.26 Å². The number of carbonyl (C=O) groups excluding carboxylic acids is 2. The molecule has 1 atom stereocenters. The lowest BCUT2D eigenvalue weighted by molar-refractivity contribution is -0.137. The molecule has 0 unspecified atom stereocenters. The first-order valence-corrected chi connectivity index (χ1v) is 11.6. The first kappa shape index (κ1) is 26.2. The Morgan fingerprint density at radius 1 is 1.14 bits per heavy atom. The Labute approximate surface area is 214 Å². The standard InChI is InChI=1S/C25H21ClF3N3O5/c26-18-11-15-3-6-19(18)35-9-1-2-10-36-20-13-16(25(27,28)29)4-5-17(20)22(33)31-21(12-15)37-23(34)32-24(14-30)7-8-24/h1-6,11,13,21H,7-10,12H2,(H,31,33)(H,32,34)/b2-1+/t21-/m0/s1. The predicted octanol–water partition coefficient (Wildman–Crippen LogP) is 4.77. The lowest BCUT2D eigenvalue weighted by atomic mass is 10.1. The van der Waals surface area contributed by atoms with Crippen LogP contribution in [0.15, 0.2) is 48.6 Å². The summed E-state index contributed by atoms with van der Waals surface area (Å²) in [5.41, 5.74) is -1.62. The lowest BCUT2D eigenvalue weighted by Gasteiger charge is -2.22. The third kappa shape index (κ3) is 6.65. The molecule has 2 heterocycles. The number of amides is 2. The van der Waals surface area contributed by atoms with Crippen LogP contribution in [-0.2, 0) is 17.3 Å². The SMILES string of the molecule is N#CC1(NC(=O)O[C@H]2Cc3ccc(c(Cl)c3)OC/C=C/COc3cc(C(F)(F)F)ccc3C(=O)N2)CC1. The summed E-state index contributed by atoms with van der Waals surface area (Å²) in [4.78, 5) is 25.6. The normalized spacial score (nSPS) is 19.8. The molecule has 0 radical (unpaired) electrons. The van der Waals surface area contributed by atoms with Crippen LogP contribution in [0.3, 0.4) is 0 Å². The second kappa shape index (κ2) is 10.6. The molecule has 0 saturated heterocycles. The first-order chi connectivity index (χ1) is 17.6. The van der Waals surface area contributed by atoms with Gasteiger partial charge >= 0.3 is 12.3 Å². The van der Waals surface area contributed by atoms with Gasteiger partial charge in [0.1, 0.15) is 30.3 Å². The van der Waals surface area contributed by atoms with Gasteiger partial charge in [-0.1, -0.05) is 17.7 Å². The van der Waals surface area contributed by atoms with Gasteiger partial charge in [-0.25, -0.2) is 4.79 Å². The third-order valence-electron chi connectivity index (χ3n) is 5.65. The fraction of sp³-hybridized carbons (Fsp3) is 0.320. The van der Waals surface area contributed by atoms with Crippen LogP contribution in [0.4, 0.5) is 18.0 Å². The summed E-state index contributed by atoms with van der Waals surface area (Å²) in [7, 11) is 0. The van der Waals surface area contributed by atoms with Gasteiger partial charge in [0.25, 0.3) is 5.91 Å². The lowest BCUT2D eigenvalue weighted by Crippen LogP contribution is -2.45. The quantitative estimate of drug-likeness (QED) is 0.536. The number of fused-ring (bicyclic) bond motifs is 9. The van der Waals surface area contributed by atoms with Crippen molar-refractivity contribution in [3.05, 3.63) is 70.3 Å². The average molecular weight is 536 g/mol. The smallest absolute Gasteiger partial charge is 0.416 e. The number of hydrogen-bond acceptors (Lipinski definition) is 6. The molecule has 2 N–H and O–H groups in total. The van der Waals surface area contributed by atoms with Crippen LogP contribution in [-0.4, -0.2) is 37.0 Å². The van der Waals surface area contributed by atoms with E-state index in [1.165, 1.54) is 6.08 Å². The Balaban J connectivity index is 1.65. The van der Waals surface area contributed by atoms with Crippen LogP contribution in [0.1, 0.15) is 34.3 Å². The molecular formula is C25H21ClF3N3O5. The summed E-state index contributed by atoms with van der Waals surface area (Å²) in [5, 5.41) is 14.5. The van der Waals surface area contributed by atoms with Gasteiger partial charge in [0, 0.05) is 6.42 Å². The van der Waals surface area contributed by atoms with Crippen molar-refractivity contribution >= 4 is 23.6 Å². The summed E-state index contributed by atoms with van der Waals surface area (Å²) < 4.78 is 56.3. The Morgan fingerprint density at radius 3 is 2.46 bits per heavy atom. The number of ether oxygens (including phenoxy) is 3. The van der Waals surface area contributed by atoms with Gasteiger partial charge < -0.3 is 24.8 Å². The molecule has 3 aliphatic rings. The molecular weight excluding hydrogens is 515 g/mol. The fourth-order valence-corrected chi connectivity index (χ4v) is 3.77. The number of hydrogen-bond donors (Lipinski definition) is 2. The van der Waals surface area contributed by atoms with Gasteiger partial charge in [-0.15, -0.1) is 0 Å². The van der Waals surface area contributed by atoms with E-state index in [4.69, 9.17) is 25.8 Å². The zero-order valence-corrected chi connectivity index (χ0v) is 20.0. The Kier molecular flexibility index (Phi) is 7.50. The Morgan fingerprint density at radius 2 is 1.84 bits per heavy atom. The van der Waals surface area contributed by atoms with E-state index in [1.54, 1.807) is 24.3 Å². The molecule has 0 spiro atoms. The molecule has 1 saturated carbocycles. The largest absolute Gasteiger partial charge is 0.489 e. The van der Waals surface area contributed by atoms with Gasteiger partial charge in [0.2, 0.25) is 0 Å². The molecule has 12 heteroatoms. The van der Waals surface area contributed by atoms with Crippen molar-refractivity contribution in [3.8, 4) is 17.6 Å². The van der Waals surface area contributed by atoms with Gasteiger partial charge in [-0.3, -0.25) is 4.79 Å². The molecule has 2 aliphatic heterocycles. The van der Waals surface area contributed by atoms with Crippen LogP contribution in [0.25, 0.3) is 0 Å². The number of carbonyl (C=O) groups is 2. The summed E-state index contributed by atoms with van der Waals surface area (Å²) in [6.45, 7) is -0.0267. The molecule has 2 bridgehead atoms. The number of alkyl carbamates (subject to hydrolysis) is 1. The van der Waals surface area contributed by atoms with E-state index in [9.17, 15) is 28.0 Å². The number of benzene rings is 2. The van der Waals surface area contributed by atoms with E-state index in [0.29, 0.717) is 24.2 Å². The first-order valence-electron chi connectivity index (χ1n) is 11.2. The van der Waals surface area contributed by atoms with Crippen LogP contribution < -0.4 is 20.1 Å². The minimum Gasteiger partial charge on any atom is -0.489 e. The number of alkyl halides is 3. The minimum atomic E-state index is -4.65. The molecule has 1 aliphatic carbocycles. The molecule has 194 valence electrons. The third-order valence-corrected chi connectivity index (χ3v) is 5.95. The zero-order valence-electron chi connectivity index (χ0n) is 19.2. The highest BCUT2D eigenvalue weighted by molar-refractivity contribution is 6.32. The van der Waals surface area contributed by atoms with E-state index < -0.39 is 35.5 Å². The van der Waals surface area contributed by atoms with Gasteiger partial charge in [0.15, 0.2) is 6.23 Å². The maximum atomic E-state index is 13.3. The topological polar surface area (TPSA) is 110 Å². The van der Waals surface area contributed by atoms with Crippen LogP contribution in [0.2, 0.25) is 5.02 Å². The maximum Gasteiger partial charge on any atom is 0.416 e. The van der Waals surface area contributed by atoms with Gasteiger partial charge in [-0.05, 0) is 60.9 Å². The van der Waals surface area contributed by atoms with Crippen LogP contribution in [0.5, 0.6) is 11.5 Å². The van der Waals surface area contributed by atoms with E-state index in [-0.39, 0.29) is 36.0 Å². The summed E-state index contributed by atoms with van der Waals surface area (Å²) in [6.07, 6.45) is -2.82. The maximum absolute atomic E-state index is 13.3. The Bertz CT molecular complexity index is 1270. The molecule has 37 heavy (non-hydrogen) atoms. The van der Waals surface area contributed by atoms with Crippen LogP contribution >= 0.6 is 11.6 Å². The van der Waals surface area contributed by atoms with Crippen molar-refractivity contribution in [2.24, 2.45) is 0 Å². The molecule has 2 amide bonds. The number of rotatable bonds is 2. The summed E-state index contributed by atoms with van der Waals surface area (Å²) >= 11 is 6.30. The molecule has 8 nitrogen and oxygen atoms in total. The second-order valence-electron chi connectivity index (χ2n) is 8.46. The molecule has 1 fully saturated rings. The highest BCUT2D eigenvalue weighted by Gasteiger charge is 2.45. The van der Waals surface area contributed by atoms with Gasteiger partial charge in [0.05, 0.1) is 22.2 Å². The van der Waals surface area contributed by atoms with Crippen molar-refractivity contribution in [3.63, 3.8) is 0 Å². The zero-order chi connectivity index (χ0) is 26.6. The van der Waals surface area contributed by atoms with Crippen LogP contribution in [0, 0.1) is 11.3 Å². The average Bonchev–Trinajstić information content (AvgIpc) is 3.60. The Hall–Kier alpha value is -3.91. The van der Waals surface area contributed by atoms with E-state index in [1.807, 2.05) is 6.07 Å². The molecule has 2 aromatic rings. The number of nitrogens with one attached hydrogen (secondary N) is 2. The van der Waals surface area contributed by atoms with Crippen molar-refractivity contribution in [1.82, 2.24) is 10.6 Å². The molecule has 2 aromatic carbocycles. The van der Waals surface area contributed by atoms with Gasteiger partial charge in [-0.2, -0.15) is 18.4 Å². The van der Waals surface area contributed by atoms with Crippen molar-refractivity contribution in [2.75, 3.05) is 13.2 Å². The highest BCUT2D eigenvalue weighted by atomic mass is 35.5. The van der Waals surface area contributed by atoms with Crippen molar-refractivity contribution in [2.45, 2.75) is 37.2 Å². The summed E-state index contributed by atoms with van der Waals surface area (Å²) in [5.74, 6) is -0.752. The van der Waals surface area contributed by atoms with Crippen molar-refractivity contribution < 1.29 is 37.0 Å². The number of nitriles is 1. The monoisotopic (exact) mass is 535 g/mol. The highest BCUT2D eigenvalue weighted by Crippen LogP contribution is 2.35. The summed E-state index contributed by atoms with van der Waals surface area (Å²) in [6, 6.07) is 9.34. The molecule has 5 rings (SSSR count). The van der Waals surface area contributed by atoms with E-state index >= 15 is 0 Å². The predicted molar refractivity (Wildman–Crippen MR) is 125 cm³/mol. The number of nitrogens with zero attached hydrogens (tertiary/aromatic N) is 1.